The zero-order valence-corrected chi connectivity index (χ0v) is 14.8. The summed E-state index contributed by atoms with van der Waals surface area (Å²) < 4.78 is 2.25. The molecule has 0 unspecified atom stereocenters. The monoisotopic (exact) mass is 346 g/mol. The number of anilines is 1. The van der Waals surface area contributed by atoms with E-state index in [0.717, 1.165) is 52.6 Å². The van der Waals surface area contributed by atoms with Gasteiger partial charge < -0.3 is 15.4 Å². The Kier molecular flexibility index (Phi) is 4.21. The summed E-state index contributed by atoms with van der Waals surface area (Å²) in [5, 5.41) is 10.6. The molecular weight excluding hydrogens is 324 g/mol. The van der Waals surface area contributed by atoms with Crippen molar-refractivity contribution in [3.05, 3.63) is 59.9 Å². The average Bonchev–Trinajstić information content (AvgIpc) is 3.01. The third kappa shape index (κ3) is 2.86. The van der Waals surface area contributed by atoms with Gasteiger partial charge in [0.05, 0.1) is 11.0 Å². The molecule has 3 N–H and O–H groups in total. The largest absolute Gasteiger partial charge is 0.508 e. The molecule has 0 bridgehead atoms. The molecule has 0 radical (unpaired) electrons. The zero-order valence-electron chi connectivity index (χ0n) is 14.8. The quantitative estimate of drug-likeness (QED) is 0.566. The van der Waals surface area contributed by atoms with Crippen molar-refractivity contribution in [1.29, 1.82) is 0 Å². The van der Waals surface area contributed by atoms with Crippen LogP contribution in [0.1, 0.15) is 31.2 Å². The number of hydrogen-bond acceptors (Lipinski definition) is 4. The number of hydrogen-bond donors (Lipinski definition) is 2. The van der Waals surface area contributed by atoms with E-state index in [9.17, 15) is 5.11 Å². The van der Waals surface area contributed by atoms with Crippen molar-refractivity contribution >= 4 is 27.8 Å². The molecule has 2 aromatic heterocycles. The third-order valence-corrected chi connectivity index (χ3v) is 4.72. The smallest absolute Gasteiger partial charge is 0.152 e. The van der Waals surface area contributed by atoms with Crippen molar-refractivity contribution in [3.63, 3.8) is 0 Å². The first kappa shape index (κ1) is 16.4. The normalized spacial score (nSPS) is 11.4. The van der Waals surface area contributed by atoms with Crippen molar-refractivity contribution in [1.82, 2.24) is 14.5 Å². The number of nitrogens with zero attached hydrogens (tertiary/aromatic N) is 3. The number of imidazole rings is 1. The van der Waals surface area contributed by atoms with E-state index in [1.807, 2.05) is 30.3 Å². The van der Waals surface area contributed by atoms with Crippen LogP contribution in [0.3, 0.4) is 0 Å². The average molecular weight is 346 g/mol. The molecule has 26 heavy (non-hydrogen) atoms. The number of nitrogens with two attached hydrogens (primary N) is 1. The van der Waals surface area contributed by atoms with Gasteiger partial charge in [-0.3, -0.25) is 0 Å². The molecule has 0 aliphatic carbocycles. The molecule has 0 saturated carbocycles. The summed E-state index contributed by atoms with van der Waals surface area (Å²) in [5.41, 5.74) is 10.0. The van der Waals surface area contributed by atoms with E-state index in [1.54, 1.807) is 12.1 Å². The fourth-order valence-electron chi connectivity index (χ4n) is 3.38. The van der Waals surface area contributed by atoms with Gasteiger partial charge in [-0.25, -0.2) is 9.97 Å². The molecule has 0 atom stereocenters. The number of pyridine rings is 1. The number of fused-ring (bicyclic) bond motifs is 3. The van der Waals surface area contributed by atoms with Crippen LogP contribution in [0, 0.1) is 0 Å². The second-order valence-electron chi connectivity index (χ2n) is 6.60. The van der Waals surface area contributed by atoms with Gasteiger partial charge in [0.25, 0.3) is 0 Å². The lowest BCUT2D eigenvalue weighted by atomic mass is 10.1. The lowest BCUT2D eigenvalue weighted by Gasteiger charge is -2.11. The molecule has 2 heterocycles. The standard InChI is InChI=1S/C21H22N4O/c1-2-3-8-18-24-19-20(16-6-4-5-7-17(16)23-21(19)22)25(18)13-14-9-11-15(26)12-10-14/h4-7,9-12,26H,2-3,8,13H2,1H3,(H2,22,23). The Bertz CT molecular complexity index is 1070. The Balaban J connectivity index is 1.95. The number of aryl methyl sites for hydroxylation is 1. The van der Waals surface area contributed by atoms with E-state index < -0.39 is 0 Å². The fraction of sp³-hybridized carbons (Fsp3) is 0.238. The molecule has 2 aromatic carbocycles. The SMILES string of the molecule is CCCCc1nc2c(N)nc3ccccc3c2n1Cc1ccc(O)cc1. The molecule has 0 aliphatic heterocycles. The van der Waals surface area contributed by atoms with E-state index >= 15 is 0 Å². The van der Waals surface area contributed by atoms with Gasteiger partial charge in [-0.15, -0.1) is 0 Å². The number of benzene rings is 2. The Morgan fingerprint density at radius 1 is 1.04 bits per heavy atom. The minimum atomic E-state index is 0.273. The maximum absolute atomic E-state index is 9.56. The molecule has 0 fully saturated rings. The number of phenolic OH excluding ortho intramolecular Hbond substituents is 1. The summed E-state index contributed by atoms with van der Waals surface area (Å²) in [7, 11) is 0. The van der Waals surface area contributed by atoms with Crippen LogP contribution in [0.4, 0.5) is 5.82 Å². The molecule has 4 aromatic rings. The van der Waals surface area contributed by atoms with Crippen LogP contribution in [0.15, 0.2) is 48.5 Å². The maximum atomic E-state index is 9.56. The van der Waals surface area contributed by atoms with Crippen LogP contribution < -0.4 is 5.73 Å². The lowest BCUT2D eigenvalue weighted by Crippen LogP contribution is -2.06. The van der Waals surface area contributed by atoms with Crippen molar-refractivity contribution in [2.45, 2.75) is 32.7 Å². The Labute approximate surface area is 152 Å². The molecule has 132 valence electrons. The molecule has 4 rings (SSSR count). The number of aromatic hydroxyl groups is 1. The van der Waals surface area contributed by atoms with Crippen molar-refractivity contribution < 1.29 is 5.11 Å². The second kappa shape index (κ2) is 6.67. The van der Waals surface area contributed by atoms with Crippen LogP contribution in [-0.2, 0) is 13.0 Å². The van der Waals surface area contributed by atoms with Crippen LogP contribution in [0.25, 0.3) is 21.9 Å². The highest BCUT2D eigenvalue weighted by Gasteiger charge is 2.17. The summed E-state index contributed by atoms with van der Waals surface area (Å²) in [4.78, 5) is 9.37. The Morgan fingerprint density at radius 2 is 1.81 bits per heavy atom. The maximum Gasteiger partial charge on any atom is 0.152 e. The molecule has 0 aliphatic rings. The van der Waals surface area contributed by atoms with Crippen LogP contribution in [0.5, 0.6) is 5.75 Å². The van der Waals surface area contributed by atoms with Gasteiger partial charge in [-0.05, 0) is 30.2 Å². The molecule has 0 spiro atoms. The fourth-order valence-corrected chi connectivity index (χ4v) is 3.38. The van der Waals surface area contributed by atoms with Gasteiger partial charge in [0.2, 0.25) is 0 Å². The minimum Gasteiger partial charge on any atom is -0.508 e. The highest BCUT2D eigenvalue weighted by molar-refractivity contribution is 6.06. The predicted molar refractivity (Wildman–Crippen MR) is 105 cm³/mol. The summed E-state index contributed by atoms with van der Waals surface area (Å²) in [6.07, 6.45) is 3.08. The number of phenols is 1. The van der Waals surface area contributed by atoms with Crippen LogP contribution in [-0.4, -0.2) is 19.6 Å². The van der Waals surface area contributed by atoms with Gasteiger partial charge in [0, 0.05) is 18.4 Å². The highest BCUT2D eigenvalue weighted by Crippen LogP contribution is 2.30. The number of unbranched alkanes of at least 4 members (excludes halogenated alkanes) is 1. The van der Waals surface area contributed by atoms with Gasteiger partial charge in [-0.1, -0.05) is 43.7 Å². The lowest BCUT2D eigenvalue weighted by molar-refractivity contribution is 0.475. The summed E-state index contributed by atoms with van der Waals surface area (Å²) >= 11 is 0. The topological polar surface area (TPSA) is 77.0 Å². The first-order valence-corrected chi connectivity index (χ1v) is 8.98. The van der Waals surface area contributed by atoms with E-state index in [-0.39, 0.29) is 5.75 Å². The van der Waals surface area contributed by atoms with Crippen molar-refractivity contribution in [2.24, 2.45) is 0 Å². The van der Waals surface area contributed by atoms with E-state index in [0.29, 0.717) is 12.4 Å². The third-order valence-electron chi connectivity index (χ3n) is 4.72. The van der Waals surface area contributed by atoms with E-state index in [2.05, 4.69) is 22.5 Å². The molecule has 5 heteroatoms. The van der Waals surface area contributed by atoms with Crippen LogP contribution >= 0.6 is 0 Å². The van der Waals surface area contributed by atoms with Crippen molar-refractivity contribution in [3.8, 4) is 5.75 Å². The number of aromatic nitrogens is 3. The molecule has 0 amide bonds. The first-order valence-electron chi connectivity index (χ1n) is 8.98. The van der Waals surface area contributed by atoms with Crippen molar-refractivity contribution in [2.75, 3.05) is 5.73 Å². The Hall–Kier alpha value is -3.08. The number of para-hydroxylation sites is 1. The zero-order chi connectivity index (χ0) is 18.1. The molecule has 5 nitrogen and oxygen atoms in total. The summed E-state index contributed by atoms with van der Waals surface area (Å²) in [5.74, 6) is 1.77. The van der Waals surface area contributed by atoms with E-state index in [4.69, 9.17) is 10.7 Å². The Morgan fingerprint density at radius 3 is 2.58 bits per heavy atom. The molecular formula is C21H22N4O. The van der Waals surface area contributed by atoms with Gasteiger partial charge in [-0.2, -0.15) is 0 Å². The second-order valence-corrected chi connectivity index (χ2v) is 6.60. The van der Waals surface area contributed by atoms with Gasteiger partial charge in [0.15, 0.2) is 5.82 Å². The minimum absolute atomic E-state index is 0.273. The molecule has 0 saturated heterocycles. The summed E-state index contributed by atoms with van der Waals surface area (Å²) in [6.45, 7) is 2.86. The first-order chi connectivity index (χ1) is 12.7. The predicted octanol–water partition coefficient (Wildman–Crippen LogP) is 4.26. The van der Waals surface area contributed by atoms with E-state index in [1.165, 1.54) is 0 Å². The van der Waals surface area contributed by atoms with Crippen LogP contribution in [0.2, 0.25) is 0 Å². The summed E-state index contributed by atoms with van der Waals surface area (Å²) in [6, 6.07) is 15.4. The number of rotatable bonds is 5. The number of nitrogen functional groups attached to an aromatic ring is 1. The van der Waals surface area contributed by atoms with Gasteiger partial charge >= 0.3 is 0 Å². The highest BCUT2D eigenvalue weighted by atomic mass is 16.3. The van der Waals surface area contributed by atoms with Gasteiger partial charge in [0.1, 0.15) is 17.1 Å².